The third-order valence-corrected chi connectivity index (χ3v) is 8.79. The molecule has 0 aromatic carbocycles. The van der Waals surface area contributed by atoms with Gasteiger partial charge in [-0.2, -0.15) is 0 Å². The highest BCUT2D eigenvalue weighted by atomic mass is 16.2. The summed E-state index contributed by atoms with van der Waals surface area (Å²) in [6.07, 6.45) is 17.8. The third kappa shape index (κ3) is 5.48. The van der Waals surface area contributed by atoms with Crippen molar-refractivity contribution in [1.82, 2.24) is 9.80 Å². The first kappa shape index (κ1) is 23.6. The second-order valence-electron chi connectivity index (χ2n) is 11.1. The van der Waals surface area contributed by atoms with Crippen molar-refractivity contribution in [2.45, 2.75) is 109 Å². The van der Waals surface area contributed by atoms with Crippen LogP contribution in [-0.4, -0.2) is 52.7 Å². The molecule has 0 radical (unpaired) electrons. The van der Waals surface area contributed by atoms with E-state index in [9.17, 15) is 9.59 Å². The fraction of sp³-hybridized carbons (Fsp3) is 0.885. The maximum atomic E-state index is 13.9. The van der Waals surface area contributed by atoms with Gasteiger partial charge in [-0.3, -0.25) is 14.5 Å². The maximum absolute atomic E-state index is 13.9. The topological polar surface area (TPSA) is 79.0 Å². The molecule has 1 atom stereocenters. The summed E-state index contributed by atoms with van der Waals surface area (Å²) in [5, 5.41) is 0. The molecule has 1 saturated heterocycles. The largest absolute Gasteiger partial charge is 0.369 e. The molecule has 0 aromatic heterocycles. The highest BCUT2D eigenvalue weighted by molar-refractivity contribution is 6.06. The van der Waals surface area contributed by atoms with Crippen molar-refractivity contribution in [1.29, 1.82) is 0 Å². The average Bonchev–Trinajstić information content (AvgIpc) is 3.04. The first-order valence-corrected chi connectivity index (χ1v) is 13.4. The molecule has 180 valence electrons. The summed E-state index contributed by atoms with van der Waals surface area (Å²) in [7, 11) is 0. The van der Waals surface area contributed by atoms with Gasteiger partial charge >= 0.3 is 0 Å². The number of rotatable bonds is 7. The second kappa shape index (κ2) is 10.6. The fourth-order valence-electron chi connectivity index (χ4n) is 6.73. The molecular weight excluding hydrogens is 400 g/mol. The normalized spacial score (nSPS) is 28.9. The summed E-state index contributed by atoms with van der Waals surface area (Å²) in [5.74, 6) is 2.52. The lowest BCUT2D eigenvalue weighted by atomic mass is 9.75. The highest BCUT2D eigenvalue weighted by Crippen LogP contribution is 2.41. The number of aliphatic imine (C=N–C) groups is 1. The lowest BCUT2D eigenvalue weighted by Crippen LogP contribution is -2.48. The van der Waals surface area contributed by atoms with Crippen molar-refractivity contribution in [3.63, 3.8) is 0 Å². The van der Waals surface area contributed by atoms with Crippen LogP contribution in [0.2, 0.25) is 0 Å². The standard InChI is InChI=1S/C26H44N4O2/c1-20(31)29-16-13-23(14-17-29)19-30-24(32)26(28-25(30)27,18-22-10-6-3-7-11-22)15-12-21-8-4-2-5-9-21/h21-23H,2-19H2,1H3,(H2,27,28). The van der Waals surface area contributed by atoms with Crippen LogP contribution in [0.3, 0.4) is 0 Å². The van der Waals surface area contributed by atoms with Crippen LogP contribution in [0.5, 0.6) is 0 Å². The Bertz CT molecular complexity index is 688. The quantitative estimate of drug-likeness (QED) is 0.629. The number of guanidine groups is 1. The van der Waals surface area contributed by atoms with Crippen molar-refractivity contribution < 1.29 is 9.59 Å². The van der Waals surface area contributed by atoms with Gasteiger partial charge in [0.2, 0.25) is 5.91 Å². The number of hydrogen-bond donors (Lipinski definition) is 1. The van der Waals surface area contributed by atoms with E-state index in [1.165, 1.54) is 64.2 Å². The monoisotopic (exact) mass is 444 g/mol. The Kier molecular flexibility index (Phi) is 7.78. The van der Waals surface area contributed by atoms with Crippen LogP contribution < -0.4 is 5.73 Å². The van der Waals surface area contributed by atoms with E-state index in [0.29, 0.717) is 24.3 Å². The van der Waals surface area contributed by atoms with Crippen molar-refractivity contribution in [3.05, 3.63) is 0 Å². The van der Waals surface area contributed by atoms with Crippen LogP contribution in [0, 0.1) is 17.8 Å². The number of carbonyl (C=O) groups excluding carboxylic acids is 2. The van der Waals surface area contributed by atoms with Gasteiger partial charge in [-0.15, -0.1) is 0 Å². The summed E-state index contributed by atoms with van der Waals surface area (Å²) in [6, 6.07) is 0. The number of amides is 2. The van der Waals surface area contributed by atoms with Crippen molar-refractivity contribution in [3.8, 4) is 0 Å². The van der Waals surface area contributed by atoms with E-state index in [2.05, 4.69) is 0 Å². The summed E-state index contributed by atoms with van der Waals surface area (Å²) >= 11 is 0. The van der Waals surface area contributed by atoms with E-state index in [1.807, 2.05) is 9.80 Å². The molecule has 2 saturated carbocycles. The molecule has 2 aliphatic heterocycles. The van der Waals surface area contributed by atoms with E-state index < -0.39 is 5.54 Å². The van der Waals surface area contributed by atoms with Crippen LogP contribution in [0.25, 0.3) is 0 Å². The number of carbonyl (C=O) groups is 2. The van der Waals surface area contributed by atoms with Crippen LogP contribution in [0.15, 0.2) is 4.99 Å². The fourth-order valence-corrected chi connectivity index (χ4v) is 6.73. The Hall–Kier alpha value is -1.59. The average molecular weight is 445 g/mol. The Balaban J connectivity index is 1.43. The number of piperidine rings is 1. The molecule has 2 amide bonds. The van der Waals surface area contributed by atoms with Gasteiger partial charge in [-0.25, -0.2) is 4.99 Å². The van der Waals surface area contributed by atoms with E-state index >= 15 is 0 Å². The third-order valence-electron chi connectivity index (χ3n) is 8.79. The summed E-state index contributed by atoms with van der Waals surface area (Å²) < 4.78 is 0. The minimum atomic E-state index is -0.621. The minimum absolute atomic E-state index is 0.149. The van der Waals surface area contributed by atoms with Gasteiger partial charge in [0.05, 0.1) is 0 Å². The summed E-state index contributed by atoms with van der Waals surface area (Å²) in [5.41, 5.74) is 5.82. The predicted molar refractivity (Wildman–Crippen MR) is 128 cm³/mol. The molecule has 3 fully saturated rings. The van der Waals surface area contributed by atoms with E-state index in [-0.39, 0.29) is 11.8 Å². The molecule has 2 N–H and O–H groups in total. The zero-order chi connectivity index (χ0) is 22.6. The van der Waals surface area contributed by atoms with Gasteiger partial charge in [0.25, 0.3) is 5.91 Å². The molecule has 32 heavy (non-hydrogen) atoms. The lowest BCUT2D eigenvalue weighted by molar-refractivity contribution is -0.134. The molecular formula is C26H44N4O2. The minimum Gasteiger partial charge on any atom is -0.369 e. The van der Waals surface area contributed by atoms with Gasteiger partial charge in [0.1, 0.15) is 5.54 Å². The van der Waals surface area contributed by atoms with E-state index in [1.54, 1.807) is 6.92 Å². The summed E-state index contributed by atoms with van der Waals surface area (Å²) in [4.78, 5) is 34.3. The van der Waals surface area contributed by atoms with Crippen LogP contribution in [0.1, 0.15) is 103 Å². The second-order valence-corrected chi connectivity index (χ2v) is 11.1. The molecule has 2 heterocycles. The Morgan fingerprint density at radius 2 is 1.53 bits per heavy atom. The van der Waals surface area contributed by atoms with Gasteiger partial charge < -0.3 is 10.6 Å². The lowest BCUT2D eigenvalue weighted by Gasteiger charge is -2.35. The Morgan fingerprint density at radius 3 is 2.12 bits per heavy atom. The predicted octanol–water partition coefficient (Wildman–Crippen LogP) is 4.47. The van der Waals surface area contributed by atoms with Crippen molar-refractivity contribution >= 4 is 17.8 Å². The molecule has 6 nitrogen and oxygen atoms in total. The maximum Gasteiger partial charge on any atom is 0.257 e. The van der Waals surface area contributed by atoms with Gasteiger partial charge in [0.15, 0.2) is 5.96 Å². The van der Waals surface area contributed by atoms with Crippen LogP contribution >= 0.6 is 0 Å². The Labute approximate surface area is 194 Å². The number of nitrogens with zero attached hydrogens (tertiary/aromatic N) is 3. The molecule has 4 aliphatic rings. The molecule has 4 rings (SSSR count). The molecule has 6 heteroatoms. The van der Waals surface area contributed by atoms with Gasteiger partial charge in [-0.05, 0) is 49.9 Å². The smallest absolute Gasteiger partial charge is 0.257 e. The SMILES string of the molecule is CC(=O)N1CCC(CN2C(=O)C(CCC3CCCCC3)(CC3CCCCC3)N=C2N)CC1. The summed E-state index contributed by atoms with van der Waals surface area (Å²) in [6.45, 7) is 3.87. The molecule has 2 aliphatic carbocycles. The van der Waals surface area contributed by atoms with E-state index in [4.69, 9.17) is 10.7 Å². The van der Waals surface area contributed by atoms with Crippen molar-refractivity contribution in [2.75, 3.05) is 19.6 Å². The zero-order valence-electron chi connectivity index (χ0n) is 20.2. The number of nitrogens with two attached hydrogens (primary N) is 1. The van der Waals surface area contributed by atoms with Crippen LogP contribution in [0.4, 0.5) is 0 Å². The number of likely N-dealkylation sites (tertiary alicyclic amines) is 1. The molecule has 0 aromatic rings. The first-order valence-electron chi connectivity index (χ1n) is 13.4. The molecule has 0 spiro atoms. The van der Waals surface area contributed by atoms with Crippen LogP contribution in [-0.2, 0) is 9.59 Å². The molecule has 1 unspecified atom stereocenters. The number of hydrogen-bond acceptors (Lipinski definition) is 4. The zero-order valence-corrected chi connectivity index (χ0v) is 20.2. The van der Waals surface area contributed by atoms with Gasteiger partial charge in [-0.1, -0.05) is 64.2 Å². The highest BCUT2D eigenvalue weighted by Gasteiger charge is 2.49. The first-order chi connectivity index (χ1) is 15.5. The molecule has 0 bridgehead atoms. The van der Waals surface area contributed by atoms with Crippen molar-refractivity contribution in [2.24, 2.45) is 28.5 Å². The van der Waals surface area contributed by atoms with E-state index in [0.717, 1.165) is 51.1 Å². The Morgan fingerprint density at radius 1 is 0.938 bits per heavy atom. The van der Waals surface area contributed by atoms with Gasteiger partial charge in [0, 0.05) is 26.6 Å².